The molecule has 1 saturated heterocycles. The number of nitrogens with zero attached hydrogens (tertiary/aromatic N) is 2. The number of likely N-dealkylation sites (tertiary alicyclic amines) is 1. The van der Waals surface area contributed by atoms with Gasteiger partial charge < -0.3 is 15.5 Å². The monoisotopic (exact) mass is 607 g/mol. The lowest BCUT2D eigenvalue weighted by Gasteiger charge is -2.32. The topological polar surface area (TPSA) is 120 Å². The number of urea groups is 1. The summed E-state index contributed by atoms with van der Waals surface area (Å²) in [5.41, 5.74) is 2.39. The molecule has 3 amide bonds. The molecule has 1 aromatic heterocycles. The normalized spacial score (nSPS) is 14.1. The molecular formula is C27H28Cl2FN5O4S. The van der Waals surface area contributed by atoms with Gasteiger partial charge in [-0.25, -0.2) is 18.9 Å². The number of piperidine rings is 1. The van der Waals surface area contributed by atoms with E-state index in [-0.39, 0.29) is 40.5 Å². The summed E-state index contributed by atoms with van der Waals surface area (Å²) in [5.74, 6) is -0.467. The number of benzene rings is 2. The molecule has 0 aliphatic carbocycles. The second-order valence-electron chi connectivity index (χ2n) is 9.36. The van der Waals surface area contributed by atoms with E-state index in [1.807, 2.05) is 4.72 Å². The molecule has 0 saturated carbocycles. The molecule has 212 valence electrons. The largest absolute Gasteiger partial charge is 0.354 e. The summed E-state index contributed by atoms with van der Waals surface area (Å²) in [6, 6.07) is 9.86. The van der Waals surface area contributed by atoms with Gasteiger partial charge >= 0.3 is 6.03 Å². The lowest BCUT2D eigenvalue weighted by molar-refractivity contribution is 0.0713. The number of rotatable bonds is 7. The van der Waals surface area contributed by atoms with Crippen LogP contribution < -0.4 is 15.4 Å². The number of aryl methyl sites for hydroxylation is 1. The zero-order valence-corrected chi connectivity index (χ0v) is 24.1. The van der Waals surface area contributed by atoms with E-state index in [0.29, 0.717) is 42.2 Å². The minimum Gasteiger partial charge on any atom is -0.354 e. The first kappa shape index (κ1) is 29.6. The quantitative estimate of drug-likeness (QED) is 0.321. The van der Waals surface area contributed by atoms with Crippen LogP contribution in [0.5, 0.6) is 0 Å². The molecule has 3 aromatic rings. The van der Waals surface area contributed by atoms with Gasteiger partial charge in [0.15, 0.2) is 5.03 Å². The van der Waals surface area contributed by atoms with Crippen molar-refractivity contribution in [3.05, 3.63) is 81.2 Å². The Hall–Kier alpha value is -3.41. The highest BCUT2D eigenvalue weighted by molar-refractivity contribution is 7.90. The fraction of sp³-hybridized carbons (Fsp3) is 0.296. The van der Waals surface area contributed by atoms with E-state index in [0.717, 1.165) is 5.56 Å². The summed E-state index contributed by atoms with van der Waals surface area (Å²) >= 11 is 12.6. The highest BCUT2D eigenvalue weighted by Crippen LogP contribution is 2.34. The third-order valence-electron chi connectivity index (χ3n) is 6.59. The molecule has 1 fully saturated rings. The van der Waals surface area contributed by atoms with Gasteiger partial charge in [-0.15, -0.1) is 0 Å². The molecule has 0 bridgehead atoms. The molecule has 1 aliphatic rings. The Labute approximate surface area is 242 Å². The fourth-order valence-corrected chi connectivity index (χ4v) is 5.76. The van der Waals surface area contributed by atoms with Crippen LogP contribution in [0, 0.1) is 12.7 Å². The molecule has 2 aromatic carbocycles. The van der Waals surface area contributed by atoms with Gasteiger partial charge in [0, 0.05) is 36.9 Å². The Kier molecular flexibility index (Phi) is 9.17. The van der Waals surface area contributed by atoms with Crippen molar-refractivity contribution in [2.24, 2.45) is 0 Å². The Morgan fingerprint density at radius 2 is 1.73 bits per heavy atom. The molecule has 9 nitrogen and oxygen atoms in total. The van der Waals surface area contributed by atoms with E-state index in [1.165, 1.54) is 30.5 Å². The lowest BCUT2D eigenvalue weighted by Crippen LogP contribution is -2.40. The molecular weight excluding hydrogens is 580 g/mol. The maximum Gasteiger partial charge on any atom is 0.328 e. The van der Waals surface area contributed by atoms with Crippen molar-refractivity contribution in [3.8, 4) is 0 Å². The highest BCUT2D eigenvalue weighted by Gasteiger charge is 2.28. The number of aromatic nitrogens is 1. The standard InChI is InChI=1S/C27H28Cl2FN5O4S/c1-3-31-27(37)34-40(38,39)25-14-23(33-24-12-16(2)21(28)13-22(24)29)20(15-32-25)26(36)35-10-8-18(9-11-35)17-4-6-19(30)7-5-17/h4-7,12-15,18H,3,8-11H2,1-2H3,(H,32,33)(H2,31,34,37). The summed E-state index contributed by atoms with van der Waals surface area (Å²) in [6.45, 7) is 4.54. The molecule has 13 heteroatoms. The predicted molar refractivity (Wildman–Crippen MR) is 152 cm³/mol. The molecule has 40 heavy (non-hydrogen) atoms. The number of carbonyl (C=O) groups is 2. The van der Waals surface area contributed by atoms with Gasteiger partial charge in [0.2, 0.25) is 0 Å². The van der Waals surface area contributed by atoms with Crippen LogP contribution in [0.15, 0.2) is 53.7 Å². The number of hydrogen-bond donors (Lipinski definition) is 3. The van der Waals surface area contributed by atoms with Crippen molar-refractivity contribution in [3.63, 3.8) is 0 Å². The van der Waals surface area contributed by atoms with Crippen LogP contribution in [0.3, 0.4) is 0 Å². The number of amides is 3. The van der Waals surface area contributed by atoms with E-state index < -0.39 is 21.1 Å². The lowest BCUT2D eigenvalue weighted by atomic mass is 9.89. The molecule has 0 spiro atoms. The number of halogens is 3. The van der Waals surface area contributed by atoms with Gasteiger partial charge in [-0.3, -0.25) is 4.79 Å². The Morgan fingerprint density at radius 3 is 2.38 bits per heavy atom. The predicted octanol–water partition coefficient (Wildman–Crippen LogP) is 5.61. The summed E-state index contributed by atoms with van der Waals surface area (Å²) in [4.78, 5) is 31.2. The Bertz CT molecular complexity index is 1530. The summed E-state index contributed by atoms with van der Waals surface area (Å²) in [5, 5.41) is 5.65. The van der Waals surface area contributed by atoms with Gasteiger partial charge in [0.25, 0.3) is 15.9 Å². The first-order chi connectivity index (χ1) is 19.0. The minimum absolute atomic E-state index is 0.126. The molecule has 4 rings (SSSR count). The third kappa shape index (κ3) is 6.83. The van der Waals surface area contributed by atoms with Gasteiger partial charge in [0.1, 0.15) is 5.82 Å². The zero-order chi connectivity index (χ0) is 29.0. The van der Waals surface area contributed by atoms with Gasteiger partial charge in [-0.05, 0) is 68.0 Å². The number of pyridine rings is 1. The number of sulfonamides is 1. The number of carbonyl (C=O) groups excluding carboxylic acids is 2. The smallest absolute Gasteiger partial charge is 0.328 e. The Balaban J connectivity index is 1.63. The van der Waals surface area contributed by atoms with Crippen LogP contribution in [-0.2, 0) is 10.0 Å². The summed E-state index contributed by atoms with van der Waals surface area (Å²) in [7, 11) is -4.35. The molecule has 0 radical (unpaired) electrons. The van der Waals surface area contributed by atoms with E-state index in [9.17, 15) is 22.4 Å². The van der Waals surface area contributed by atoms with Gasteiger partial charge in [0.05, 0.1) is 22.0 Å². The van der Waals surface area contributed by atoms with Crippen LogP contribution in [0.4, 0.5) is 20.6 Å². The van der Waals surface area contributed by atoms with E-state index in [1.54, 1.807) is 36.9 Å². The second kappa shape index (κ2) is 12.4. The summed E-state index contributed by atoms with van der Waals surface area (Å²) in [6.07, 6.45) is 2.52. The van der Waals surface area contributed by atoms with Crippen molar-refractivity contribution in [1.29, 1.82) is 0 Å². The number of nitrogens with one attached hydrogen (secondary N) is 3. The molecule has 3 N–H and O–H groups in total. The van der Waals surface area contributed by atoms with Crippen LogP contribution in [0.25, 0.3) is 0 Å². The average molecular weight is 609 g/mol. The first-order valence-corrected chi connectivity index (χ1v) is 14.8. The molecule has 1 aliphatic heterocycles. The van der Waals surface area contributed by atoms with E-state index >= 15 is 0 Å². The SMILES string of the molecule is CCNC(=O)NS(=O)(=O)c1cc(Nc2cc(C)c(Cl)cc2Cl)c(C(=O)N2CCC(c3ccc(F)cc3)CC2)cn1. The minimum atomic E-state index is -4.35. The maximum atomic E-state index is 13.6. The second-order valence-corrected chi connectivity index (χ2v) is 11.8. The van der Waals surface area contributed by atoms with Crippen molar-refractivity contribution < 1.29 is 22.4 Å². The van der Waals surface area contributed by atoms with Gasteiger partial charge in [-0.1, -0.05) is 35.3 Å². The fourth-order valence-electron chi connectivity index (χ4n) is 4.45. The number of anilines is 2. The van der Waals surface area contributed by atoms with Crippen molar-refractivity contribution in [2.45, 2.75) is 37.6 Å². The molecule has 0 atom stereocenters. The highest BCUT2D eigenvalue weighted by atomic mass is 35.5. The number of hydrogen-bond acceptors (Lipinski definition) is 6. The van der Waals surface area contributed by atoms with Gasteiger partial charge in [-0.2, -0.15) is 8.42 Å². The van der Waals surface area contributed by atoms with Crippen molar-refractivity contribution in [2.75, 3.05) is 25.0 Å². The van der Waals surface area contributed by atoms with Crippen molar-refractivity contribution >= 4 is 56.5 Å². The zero-order valence-electron chi connectivity index (χ0n) is 21.8. The molecule has 2 heterocycles. The van der Waals surface area contributed by atoms with Crippen molar-refractivity contribution in [1.82, 2.24) is 19.9 Å². The van der Waals surface area contributed by atoms with Crippen LogP contribution >= 0.6 is 23.2 Å². The summed E-state index contributed by atoms with van der Waals surface area (Å²) < 4.78 is 40.9. The Morgan fingerprint density at radius 1 is 1.05 bits per heavy atom. The van der Waals surface area contributed by atoms with E-state index in [4.69, 9.17) is 23.2 Å². The molecule has 0 unspecified atom stereocenters. The average Bonchev–Trinajstić information content (AvgIpc) is 2.91. The first-order valence-electron chi connectivity index (χ1n) is 12.6. The maximum absolute atomic E-state index is 13.6. The third-order valence-corrected chi connectivity index (χ3v) is 8.54. The van der Waals surface area contributed by atoms with Crippen LogP contribution in [0.1, 0.15) is 47.2 Å². The van der Waals surface area contributed by atoms with Crippen LogP contribution in [-0.4, -0.2) is 49.9 Å². The van der Waals surface area contributed by atoms with E-state index in [2.05, 4.69) is 15.6 Å². The van der Waals surface area contributed by atoms with Crippen LogP contribution in [0.2, 0.25) is 10.0 Å².